The number of anilines is 1. The van der Waals surface area contributed by atoms with Crippen LogP contribution in [-0.2, 0) is 12.8 Å². The molecule has 0 aromatic carbocycles. The van der Waals surface area contributed by atoms with Crippen LogP contribution >= 0.6 is 27.3 Å². The summed E-state index contributed by atoms with van der Waals surface area (Å²) < 4.78 is 0.798. The van der Waals surface area contributed by atoms with Crippen molar-refractivity contribution in [2.24, 2.45) is 5.73 Å². The maximum atomic E-state index is 12.1. The molecule has 0 aliphatic heterocycles. The molecule has 1 aliphatic carbocycles. The first kappa shape index (κ1) is 13.4. The SMILES string of the molecule is NC(=O)c1c(NC(=O)c2cc(Br)c[nH]2)sc2c1CCC2. The number of amides is 2. The highest BCUT2D eigenvalue weighted by atomic mass is 79.9. The standard InChI is InChI=1S/C13H12BrN3O2S/c14-6-4-8(16-5-6)12(19)17-13-10(11(15)18)7-2-1-3-9(7)20-13/h4-5,16H,1-3H2,(H2,15,18)(H,17,19). The maximum absolute atomic E-state index is 12.1. The van der Waals surface area contributed by atoms with Crippen LogP contribution in [0.5, 0.6) is 0 Å². The molecule has 2 amide bonds. The number of aryl methyl sites for hydroxylation is 1. The number of hydrogen-bond donors (Lipinski definition) is 3. The second kappa shape index (κ2) is 5.06. The number of nitrogens with two attached hydrogens (primary N) is 1. The summed E-state index contributed by atoms with van der Waals surface area (Å²) in [7, 11) is 0. The molecule has 0 radical (unpaired) electrons. The molecular formula is C13H12BrN3O2S. The smallest absolute Gasteiger partial charge is 0.272 e. The predicted octanol–water partition coefficient (Wildman–Crippen LogP) is 2.68. The summed E-state index contributed by atoms with van der Waals surface area (Å²) in [4.78, 5) is 27.8. The Kier molecular flexibility index (Phi) is 3.39. The summed E-state index contributed by atoms with van der Waals surface area (Å²) in [5, 5.41) is 3.33. The van der Waals surface area contributed by atoms with Gasteiger partial charge in [0, 0.05) is 15.5 Å². The van der Waals surface area contributed by atoms with E-state index >= 15 is 0 Å². The molecule has 104 valence electrons. The zero-order valence-electron chi connectivity index (χ0n) is 10.5. The predicted molar refractivity (Wildman–Crippen MR) is 81.3 cm³/mol. The van der Waals surface area contributed by atoms with E-state index in [-0.39, 0.29) is 5.91 Å². The van der Waals surface area contributed by atoms with Crippen LogP contribution in [0.4, 0.5) is 5.00 Å². The minimum Gasteiger partial charge on any atom is -0.365 e. The van der Waals surface area contributed by atoms with Crippen LogP contribution in [-0.4, -0.2) is 16.8 Å². The normalized spacial score (nSPS) is 13.2. The lowest BCUT2D eigenvalue weighted by Gasteiger charge is -2.04. The van der Waals surface area contributed by atoms with Crippen molar-refractivity contribution in [3.63, 3.8) is 0 Å². The van der Waals surface area contributed by atoms with Crippen LogP contribution < -0.4 is 11.1 Å². The fourth-order valence-electron chi connectivity index (χ4n) is 2.42. The van der Waals surface area contributed by atoms with E-state index in [0.29, 0.717) is 16.3 Å². The van der Waals surface area contributed by atoms with E-state index in [1.807, 2.05) is 0 Å². The molecule has 0 unspecified atom stereocenters. The molecule has 7 heteroatoms. The van der Waals surface area contributed by atoms with Gasteiger partial charge in [-0.2, -0.15) is 0 Å². The molecule has 0 saturated heterocycles. The van der Waals surface area contributed by atoms with Gasteiger partial charge in [0.1, 0.15) is 10.7 Å². The van der Waals surface area contributed by atoms with E-state index in [1.165, 1.54) is 11.3 Å². The number of H-pyrrole nitrogens is 1. The van der Waals surface area contributed by atoms with Crippen molar-refractivity contribution in [1.29, 1.82) is 0 Å². The highest BCUT2D eigenvalue weighted by molar-refractivity contribution is 9.10. The van der Waals surface area contributed by atoms with Crippen molar-refractivity contribution in [1.82, 2.24) is 4.98 Å². The van der Waals surface area contributed by atoms with Crippen molar-refractivity contribution < 1.29 is 9.59 Å². The number of hydrogen-bond acceptors (Lipinski definition) is 3. The van der Waals surface area contributed by atoms with E-state index in [9.17, 15) is 9.59 Å². The summed E-state index contributed by atoms with van der Waals surface area (Å²) in [6.45, 7) is 0. The van der Waals surface area contributed by atoms with Crippen LogP contribution in [0, 0.1) is 0 Å². The Morgan fingerprint density at radius 2 is 2.20 bits per heavy atom. The van der Waals surface area contributed by atoms with E-state index in [1.54, 1.807) is 12.3 Å². The fraction of sp³-hybridized carbons (Fsp3) is 0.231. The molecule has 2 aromatic heterocycles. The summed E-state index contributed by atoms with van der Waals surface area (Å²) >= 11 is 4.73. The van der Waals surface area contributed by atoms with Gasteiger partial charge in [-0.1, -0.05) is 0 Å². The molecule has 3 rings (SSSR count). The van der Waals surface area contributed by atoms with E-state index in [2.05, 4.69) is 26.2 Å². The fourth-order valence-corrected chi connectivity index (χ4v) is 4.06. The van der Waals surface area contributed by atoms with Crippen molar-refractivity contribution in [2.75, 3.05) is 5.32 Å². The van der Waals surface area contributed by atoms with Gasteiger partial charge in [0.05, 0.1) is 5.56 Å². The molecular weight excluding hydrogens is 342 g/mol. The number of halogens is 1. The lowest BCUT2D eigenvalue weighted by Crippen LogP contribution is -2.18. The highest BCUT2D eigenvalue weighted by Gasteiger charge is 2.26. The van der Waals surface area contributed by atoms with Gasteiger partial charge in [-0.05, 0) is 46.8 Å². The molecule has 0 saturated carbocycles. The number of aromatic nitrogens is 1. The van der Waals surface area contributed by atoms with Gasteiger partial charge >= 0.3 is 0 Å². The number of rotatable bonds is 3. The number of aromatic amines is 1. The van der Waals surface area contributed by atoms with Crippen molar-refractivity contribution >= 4 is 44.1 Å². The first-order valence-corrected chi connectivity index (χ1v) is 7.77. The first-order chi connectivity index (χ1) is 9.56. The Morgan fingerprint density at radius 1 is 1.40 bits per heavy atom. The Labute approximate surface area is 127 Å². The second-order valence-electron chi connectivity index (χ2n) is 4.61. The van der Waals surface area contributed by atoms with Crippen LogP contribution in [0.15, 0.2) is 16.7 Å². The van der Waals surface area contributed by atoms with E-state index in [0.717, 1.165) is 34.2 Å². The second-order valence-corrected chi connectivity index (χ2v) is 6.63. The molecule has 2 heterocycles. The Balaban J connectivity index is 1.91. The minimum absolute atomic E-state index is 0.280. The van der Waals surface area contributed by atoms with Gasteiger partial charge < -0.3 is 16.0 Å². The summed E-state index contributed by atoms with van der Waals surface area (Å²) in [6, 6.07) is 1.68. The molecule has 1 aliphatic rings. The Hall–Kier alpha value is -1.60. The summed E-state index contributed by atoms with van der Waals surface area (Å²) in [6.07, 6.45) is 4.52. The third kappa shape index (κ3) is 2.27. The van der Waals surface area contributed by atoms with Gasteiger partial charge in [-0.3, -0.25) is 9.59 Å². The molecule has 20 heavy (non-hydrogen) atoms. The molecule has 0 fully saturated rings. The lowest BCUT2D eigenvalue weighted by atomic mass is 10.1. The number of thiophene rings is 1. The minimum atomic E-state index is -0.479. The van der Waals surface area contributed by atoms with Crippen molar-refractivity contribution in [3.8, 4) is 0 Å². The van der Waals surface area contributed by atoms with Gasteiger partial charge in [0.25, 0.3) is 11.8 Å². The summed E-state index contributed by atoms with van der Waals surface area (Å²) in [5.74, 6) is -0.759. The average molecular weight is 354 g/mol. The Morgan fingerprint density at radius 3 is 2.85 bits per heavy atom. The molecule has 0 bridgehead atoms. The third-order valence-corrected chi connectivity index (χ3v) is 4.95. The molecule has 5 nitrogen and oxygen atoms in total. The number of fused-ring (bicyclic) bond motifs is 1. The first-order valence-electron chi connectivity index (χ1n) is 6.16. The van der Waals surface area contributed by atoms with Gasteiger partial charge in [-0.25, -0.2) is 0 Å². The monoisotopic (exact) mass is 353 g/mol. The number of carbonyl (C=O) groups is 2. The maximum Gasteiger partial charge on any atom is 0.272 e. The topological polar surface area (TPSA) is 88.0 Å². The number of carbonyl (C=O) groups excluding carboxylic acids is 2. The average Bonchev–Trinajstić information content (AvgIpc) is 3.03. The van der Waals surface area contributed by atoms with Crippen LogP contribution in [0.1, 0.15) is 37.7 Å². The molecule has 4 N–H and O–H groups in total. The summed E-state index contributed by atoms with van der Waals surface area (Å²) in [5.41, 5.74) is 7.36. The number of nitrogens with one attached hydrogen (secondary N) is 2. The van der Waals surface area contributed by atoms with Gasteiger partial charge in [0.2, 0.25) is 0 Å². The Bertz CT molecular complexity index is 705. The van der Waals surface area contributed by atoms with Gasteiger partial charge in [-0.15, -0.1) is 11.3 Å². The third-order valence-electron chi connectivity index (χ3n) is 3.29. The quantitative estimate of drug-likeness (QED) is 0.791. The zero-order chi connectivity index (χ0) is 14.3. The van der Waals surface area contributed by atoms with Crippen LogP contribution in [0.3, 0.4) is 0 Å². The van der Waals surface area contributed by atoms with Crippen molar-refractivity contribution in [3.05, 3.63) is 38.4 Å². The highest BCUT2D eigenvalue weighted by Crippen LogP contribution is 2.38. The van der Waals surface area contributed by atoms with Crippen molar-refractivity contribution in [2.45, 2.75) is 19.3 Å². The van der Waals surface area contributed by atoms with E-state index in [4.69, 9.17) is 5.73 Å². The zero-order valence-corrected chi connectivity index (χ0v) is 12.9. The van der Waals surface area contributed by atoms with E-state index < -0.39 is 5.91 Å². The largest absolute Gasteiger partial charge is 0.365 e. The lowest BCUT2D eigenvalue weighted by molar-refractivity contribution is 0.100. The molecule has 0 atom stereocenters. The molecule has 2 aromatic rings. The molecule has 0 spiro atoms. The van der Waals surface area contributed by atoms with Crippen LogP contribution in [0.2, 0.25) is 0 Å². The van der Waals surface area contributed by atoms with Gasteiger partial charge in [0.15, 0.2) is 0 Å². The number of primary amides is 1. The van der Waals surface area contributed by atoms with Crippen LogP contribution in [0.25, 0.3) is 0 Å².